The van der Waals surface area contributed by atoms with Crippen LogP contribution in [0.4, 0.5) is 5.95 Å². The summed E-state index contributed by atoms with van der Waals surface area (Å²) in [5.41, 5.74) is 2.72. The van der Waals surface area contributed by atoms with Crippen molar-refractivity contribution in [2.75, 3.05) is 46.3 Å². The summed E-state index contributed by atoms with van der Waals surface area (Å²) in [6, 6.07) is 21.9. The van der Waals surface area contributed by atoms with Crippen LogP contribution in [0, 0.1) is 0 Å². The highest BCUT2D eigenvalue weighted by Crippen LogP contribution is 2.27. The number of carbonyl (C=O) groups excluding carboxylic acids is 2. The Balaban J connectivity index is 1.42. The van der Waals surface area contributed by atoms with E-state index >= 15 is 0 Å². The molecule has 1 aromatic heterocycles. The lowest BCUT2D eigenvalue weighted by Crippen LogP contribution is -2.42. The second-order valence-corrected chi connectivity index (χ2v) is 9.85. The first kappa shape index (κ1) is 28.7. The lowest BCUT2D eigenvalue weighted by molar-refractivity contribution is -0.117. The lowest BCUT2D eigenvalue weighted by Gasteiger charge is -2.25. The summed E-state index contributed by atoms with van der Waals surface area (Å²) in [5, 5.41) is 2.93. The molecule has 0 radical (unpaired) electrons. The minimum atomic E-state index is -0.383. The van der Waals surface area contributed by atoms with Gasteiger partial charge >= 0.3 is 0 Å². The molecule has 1 fully saturated rings. The molecule has 1 atom stereocenters. The number of carbonyl (C=O) groups is 2. The number of anilines is 1. The normalized spacial score (nSPS) is 14.3. The Morgan fingerprint density at radius 2 is 1.64 bits per heavy atom. The highest BCUT2D eigenvalue weighted by Gasteiger charge is 2.26. The predicted octanol–water partition coefficient (Wildman–Crippen LogP) is 4.83. The number of aromatic nitrogens is 2. The van der Waals surface area contributed by atoms with Gasteiger partial charge in [0.1, 0.15) is 23.8 Å². The average Bonchev–Trinajstić information content (AvgIpc) is 3.70. The van der Waals surface area contributed by atoms with Gasteiger partial charge in [-0.3, -0.25) is 19.5 Å². The molecule has 0 bridgehead atoms. The van der Waals surface area contributed by atoms with E-state index in [0.717, 1.165) is 29.8 Å². The van der Waals surface area contributed by atoms with Crippen molar-refractivity contribution in [1.82, 2.24) is 14.5 Å². The van der Waals surface area contributed by atoms with E-state index in [0.29, 0.717) is 41.9 Å². The Kier molecular flexibility index (Phi) is 9.03. The summed E-state index contributed by atoms with van der Waals surface area (Å²) in [4.78, 5) is 33.3. The van der Waals surface area contributed by atoms with E-state index in [2.05, 4.69) is 5.32 Å². The van der Waals surface area contributed by atoms with Crippen LogP contribution in [-0.4, -0.2) is 73.4 Å². The van der Waals surface area contributed by atoms with Crippen molar-refractivity contribution in [3.63, 3.8) is 0 Å². The van der Waals surface area contributed by atoms with Crippen molar-refractivity contribution in [1.29, 1.82) is 0 Å². The Morgan fingerprint density at radius 1 is 0.952 bits per heavy atom. The molecule has 3 aromatic carbocycles. The monoisotopic (exact) mass is 570 g/mol. The number of hydrogen-bond donors (Lipinski definition) is 1. The van der Waals surface area contributed by atoms with Crippen LogP contribution in [0.15, 0.2) is 79.0 Å². The number of rotatable bonds is 11. The van der Waals surface area contributed by atoms with Crippen LogP contribution in [0.2, 0.25) is 0 Å². The van der Waals surface area contributed by atoms with Crippen molar-refractivity contribution in [3.8, 4) is 34.2 Å². The first-order valence-corrected chi connectivity index (χ1v) is 13.7. The molecule has 0 saturated carbocycles. The number of nitrogens with zero attached hydrogens (tertiary/aromatic N) is 3. The fraction of sp³-hybridized carbons (Fsp3) is 0.281. The molecule has 1 saturated heterocycles. The Labute approximate surface area is 244 Å². The van der Waals surface area contributed by atoms with Gasteiger partial charge in [0, 0.05) is 36.2 Å². The van der Waals surface area contributed by atoms with Crippen LogP contribution < -0.4 is 19.5 Å². The smallest absolute Gasteiger partial charge is 0.254 e. The molecule has 1 aliphatic heterocycles. The number of nitrogens with one attached hydrogen (secondary N) is 1. The van der Waals surface area contributed by atoms with E-state index in [1.54, 1.807) is 50.2 Å². The van der Waals surface area contributed by atoms with Crippen LogP contribution in [-0.2, 0) is 9.53 Å². The summed E-state index contributed by atoms with van der Waals surface area (Å²) in [6.45, 7) is 0.766. The van der Waals surface area contributed by atoms with Gasteiger partial charge in [0.05, 0.1) is 33.1 Å². The van der Waals surface area contributed by atoms with Crippen molar-refractivity contribution in [3.05, 3.63) is 84.6 Å². The van der Waals surface area contributed by atoms with Crippen molar-refractivity contribution >= 4 is 17.8 Å². The van der Waals surface area contributed by atoms with E-state index in [-0.39, 0.29) is 24.5 Å². The van der Waals surface area contributed by atoms with Gasteiger partial charge in [-0.1, -0.05) is 6.07 Å². The summed E-state index contributed by atoms with van der Waals surface area (Å²) < 4.78 is 23.5. The quantitative estimate of drug-likeness (QED) is 0.276. The largest absolute Gasteiger partial charge is 0.497 e. The second-order valence-electron chi connectivity index (χ2n) is 9.85. The molecule has 0 spiro atoms. The Bertz CT molecular complexity index is 1510. The number of ether oxygens (including phenoxy) is 4. The van der Waals surface area contributed by atoms with E-state index in [1.165, 1.54) is 4.90 Å². The third kappa shape index (κ3) is 6.72. The van der Waals surface area contributed by atoms with E-state index in [1.807, 2.05) is 54.7 Å². The number of amides is 2. The van der Waals surface area contributed by atoms with Gasteiger partial charge in [0.2, 0.25) is 11.9 Å². The Hall–Kier alpha value is -4.83. The van der Waals surface area contributed by atoms with Crippen molar-refractivity contribution < 1.29 is 28.5 Å². The Morgan fingerprint density at radius 3 is 2.29 bits per heavy atom. The molecule has 1 aliphatic rings. The van der Waals surface area contributed by atoms with Crippen LogP contribution in [0.3, 0.4) is 0 Å². The molecule has 5 rings (SSSR count). The summed E-state index contributed by atoms with van der Waals surface area (Å²) in [7, 11) is 4.77. The van der Waals surface area contributed by atoms with Crippen LogP contribution in [0.25, 0.3) is 16.9 Å². The zero-order valence-corrected chi connectivity index (χ0v) is 23.9. The van der Waals surface area contributed by atoms with Crippen LogP contribution in [0.1, 0.15) is 23.2 Å². The van der Waals surface area contributed by atoms with Gasteiger partial charge in [-0.05, 0) is 79.6 Å². The number of imidazole rings is 1. The van der Waals surface area contributed by atoms with Gasteiger partial charge in [-0.2, -0.15) is 0 Å². The van der Waals surface area contributed by atoms with E-state index < -0.39 is 0 Å². The predicted molar refractivity (Wildman–Crippen MR) is 159 cm³/mol. The third-order valence-corrected chi connectivity index (χ3v) is 7.08. The summed E-state index contributed by atoms with van der Waals surface area (Å²) >= 11 is 0. The highest BCUT2D eigenvalue weighted by molar-refractivity contribution is 5.99. The molecule has 4 aromatic rings. The van der Waals surface area contributed by atoms with E-state index in [4.69, 9.17) is 23.9 Å². The maximum Gasteiger partial charge on any atom is 0.254 e. The second kappa shape index (κ2) is 13.2. The third-order valence-electron chi connectivity index (χ3n) is 7.08. The van der Waals surface area contributed by atoms with Crippen molar-refractivity contribution in [2.45, 2.75) is 18.9 Å². The standard InChI is InChI=1S/C32H34N4O6/c1-39-25-13-9-22(10-14-25)29-20-36(24-11-15-26(40-2)16-12-24)32(33-29)34-30(37)21-35(19-28-8-5-17-42-28)31(38)23-6-4-7-27(18-23)41-3/h4,6-7,9-16,18,20,28H,5,8,17,19,21H2,1-3H3,(H,33,34,37)/t28-/m1/s1. The van der Waals surface area contributed by atoms with Gasteiger partial charge in [0.15, 0.2) is 0 Å². The van der Waals surface area contributed by atoms with Gasteiger partial charge in [-0.25, -0.2) is 4.98 Å². The molecular formula is C32H34N4O6. The van der Waals surface area contributed by atoms with E-state index in [9.17, 15) is 9.59 Å². The molecule has 218 valence electrons. The van der Waals surface area contributed by atoms with Gasteiger partial charge in [-0.15, -0.1) is 0 Å². The molecule has 10 heteroatoms. The summed E-state index contributed by atoms with van der Waals surface area (Å²) in [5.74, 6) is 1.66. The minimum absolute atomic E-state index is 0.129. The van der Waals surface area contributed by atoms with Crippen molar-refractivity contribution in [2.24, 2.45) is 0 Å². The van der Waals surface area contributed by atoms with Gasteiger partial charge < -0.3 is 23.8 Å². The lowest BCUT2D eigenvalue weighted by atomic mass is 10.1. The zero-order chi connectivity index (χ0) is 29.5. The molecule has 10 nitrogen and oxygen atoms in total. The molecule has 2 heterocycles. The maximum atomic E-state index is 13.6. The highest BCUT2D eigenvalue weighted by atomic mass is 16.5. The average molecular weight is 571 g/mol. The van der Waals surface area contributed by atoms with Gasteiger partial charge in [0.25, 0.3) is 5.91 Å². The number of benzene rings is 3. The first-order valence-electron chi connectivity index (χ1n) is 13.7. The SMILES string of the molecule is COc1ccc(-c2cn(-c3ccc(OC)cc3)c(NC(=O)CN(C[C@H]3CCCO3)C(=O)c3cccc(OC)c3)n2)cc1. The fourth-order valence-corrected chi connectivity index (χ4v) is 4.84. The number of methoxy groups -OCH3 is 3. The van der Waals surface area contributed by atoms with Crippen LogP contribution >= 0.6 is 0 Å². The summed E-state index contributed by atoms with van der Waals surface area (Å²) in [6.07, 6.45) is 3.47. The molecule has 0 aliphatic carbocycles. The molecule has 2 amide bonds. The topological polar surface area (TPSA) is 104 Å². The molecule has 1 N–H and O–H groups in total. The first-order chi connectivity index (χ1) is 20.5. The maximum absolute atomic E-state index is 13.6. The number of hydrogen-bond acceptors (Lipinski definition) is 7. The molecular weight excluding hydrogens is 536 g/mol. The molecule has 42 heavy (non-hydrogen) atoms. The minimum Gasteiger partial charge on any atom is -0.497 e. The fourth-order valence-electron chi connectivity index (χ4n) is 4.84. The van der Waals surface area contributed by atoms with Crippen LogP contribution in [0.5, 0.6) is 17.2 Å². The molecule has 0 unspecified atom stereocenters. The zero-order valence-electron chi connectivity index (χ0n) is 23.9.